The molecule has 0 saturated heterocycles. The molecule has 142 valence electrons. The van der Waals surface area contributed by atoms with Crippen molar-refractivity contribution < 1.29 is 4.21 Å². The van der Waals surface area contributed by atoms with Crippen LogP contribution in [0.3, 0.4) is 0 Å². The third-order valence-electron chi connectivity index (χ3n) is 5.67. The summed E-state index contributed by atoms with van der Waals surface area (Å²) >= 11 is 0. The molecule has 5 atom stereocenters. The summed E-state index contributed by atoms with van der Waals surface area (Å²) in [6.07, 6.45) is 9.93. The molecule has 2 N–H and O–H groups in total. The number of guanidine groups is 1. The summed E-state index contributed by atoms with van der Waals surface area (Å²) in [5.74, 6) is 3.30. The van der Waals surface area contributed by atoms with Crippen molar-refractivity contribution in [3.63, 3.8) is 0 Å². The molecule has 2 fully saturated rings. The zero-order valence-electron chi connectivity index (χ0n) is 15.6. The summed E-state index contributed by atoms with van der Waals surface area (Å²) in [6, 6.07) is 0.416. The fourth-order valence-corrected chi connectivity index (χ4v) is 5.41. The van der Waals surface area contributed by atoms with Crippen molar-refractivity contribution in [2.45, 2.75) is 76.5 Å². The molecule has 0 aromatic carbocycles. The second kappa shape index (κ2) is 11.7. The van der Waals surface area contributed by atoms with E-state index < -0.39 is 10.8 Å². The summed E-state index contributed by atoms with van der Waals surface area (Å²) in [5, 5.41) is 7.47. The summed E-state index contributed by atoms with van der Waals surface area (Å²) in [6.45, 7) is 5.43. The van der Waals surface area contributed by atoms with Crippen molar-refractivity contribution in [2.75, 3.05) is 19.3 Å². The van der Waals surface area contributed by atoms with E-state index in [2.05, 4.69) is 22.5 Å². The first-order valence-electron chi connectivity index (χ1n) is 9.48. The highest BCUT2D eigenvalue weighted by atomic mass is 127. The van der Waals surface area contributed by atoms with E-state index in [0.717, 1.165) is 49.4 Å². The Hall–Kier alpha value is 0.150. The van der Waals surface area contributed by atoms with Crippen LogP contribution < -0.4 is 10.6 Å². The molecule has 2 aliphatic rings. The van der Waals surface area contributed by atoms with Crippen LogP contribution in [-0.2, 0) is 10.8 Å². The second-order valence-electron chi connectivity index (χ2n) is 7.27. The number of aliphatic imine (C=N–C) groups is 1. The molecule has 0 aromatic rings. The van der Waals surface area contributed by atoms with E-state index in [4.69, 9.17) is 0 Å². The van der Waals surface area contributed by atoms with E-state index in [9.17, 15) is 4.21 Å². The lowest BCUT2D eigenvalue weighted by molar-refractivity contribution is 0.255. The molecule has 0 aromatic heterocycles. The largest absolute Gasteiger partial charge is 0.356 e. The van der Waals surface area contributed by atoms with Gasteiger partial charge in [-0.2, -0.15) is 0 Å². The third-order valence-corrected chi connectivity index (χ3v) is 7.41. The summed E-state index contributed by atoms with van der Waals surface area (Å²) in [4.78, 5) is 4.40. The molecule has 24 heavy (non-hydrogen) atoms. The first-order valence-corrected chi connectivity index (χ1v) is 10.9. The molecule has 0 spiro atoms. The molecule has 4 nitrogen and oxygen atoms in total. The smallest absolute Gasteiger partial charge is 0.191 e. The van der Waals surface area contributed by atoms with Crippen LogP contribution in [0.1, 0.15) is 65.2 Å². The van der Waals surface area contributed by atoms with Gasteiger partial charge in [-0.3, -0.25) is 9.20 Å². The van der Waals surface area contributed by atoms with Crippen LogP contribution in [0.25, 0.3) is 0 Å². The van der Waals surface area contributed by atoms with Crippen LogP contribution in [0, 0.1) is 11.8 Å². The standard InChI is InChI=1S/C18H35N3OS.HI/c1-4-23(22)17-11-7-10-16(12-17)21-18(19-3)20-13-15-9-6-5-8-14(15)2;/h14-17H,4-13H2,1-3H3,(H2,19,20,21);1H. The molecule has 2 rings (SSSR count). The van der Waals surface area contributed by atoms with Crippen LogP contribution in [0.15, 0.2) is 4.99 Å². The van der Waals surface area contributed by atoms with E-state index >= 15 is 0 Å². The van der Waals surface area contributed by atoms with Gasteiger partial charge in [0.1, 0.15) is 0 Å². The maximum Gasteiger partial charge on any atom is 0.191 e. The molecule has 2 saturated carbocycles. The number of hydrogen-bond donors (Lipinski definition) is 2. The first-order chi connectivity index (χ1) is 11.1. The average molecular weight is 469 g/mol. The topological polar surface area (TPSA) is 53.5 Å². The highest BCUT2D eigenvalue weighted by Crippen LogP contribution is 2.29. The minimum atomic E-state index is -0.664. The maximum absolute atomic E-state index is 12.1. The number of rotatable bonds is 5. The highest BCUT2D eigenvalue weighted by Gasteiger charge is 2.26. The Balaban J connectivity index is 0.00000288. The molecule has 0 radical (unpaired) electrons. The Morgan fingerprint density at radius 1 is 1.17 bits per heavy atom. The minimum absolute atomic E-state index is 0. The van der Waals surface area contributed by atoms with Crippen molar-refractivity contribution in [1.82, 2.24) is 10.6 Å². The minimum Gasteiger partial charge on any atom is -0.356 e. The van der Waals surface area contributed by atoms with Gasteiger partial charge >= 0.3 is 0 Å². The van der Waals surface area contributed by atoms with Crippen LogP contribution in [0.2, 0.25) is 0 Å². The molecule has 0 heterocycles. The molecular weight excluding hydrogens is 433 g/mol. The molecule has 5 unspecified atom stereocenters. The molecule has 2 aliphatic carbocycles. The Morgan fingerprint density at radius 3 is 2.58 bits per heavy atom. The van der Waals surface area contributed by atoms with Gasteiger partial charge in [0.05, 0.1) is 0 Å². The van der Waals surface area contributed by atoms with Gasteiger partial charge in [0.2, 0.25) is 0 Å². The quantitative estimate of drug-likeness (QED) is 0.367. The van der Waals surface area contributed by atoms with E-state index in [1.54, 1.807) is 0 Å². The molecule has 0 bridgehead atoms. The van der Waals surface area contributed by atoms with Gasteiger partial charge in [0.15, 0.2) is 5.96 Å². The van der Waals surface area contributed by atoms with Gasteiger partial charge < -0.3 is 10.6 Å². The Labute approximate surface area is 167 Å². The molecule has 0 aliphatic heterocycles. The van der Waals surface area contributed by atoms with Gasteiger partial charge in [0.25, 0.3) is 0 Å². The van der Waals surface area contributed by atoms with Gasteiger partial charge in [-0.25, -0.2) is 0 Å². The van der Waals surface area contributed by atoms with Gasteiger partial charge in [-0.05, 0) is 37.5 Å². The Bertz CT molecular complexity index is 419. The molecule has 6 heteroatoms. The number of hydrogen-bond acceptors (Lipinski definition) is 2. The van der Waals surface area contributed by atoms with Crippen molar-refractivity contribution >= 4 is 40.7 Å². The number of halogens is 1. The van der Waals surface area contributed by atoms with Gasteiger partial charge in [0, 0.05) is 41.4 Å². The summed E-state index contributed by atoms with van der Waals surface area (Å²) in [7, 11) is 1.19. The van der Waals surface area contributed by atoms with Crippen LogP contribution >= 0.6 is 24.0 Å². The highest BCUT2D eigenvalue weighted by molar-refractivity contribution is 14.0. The molecule has 0 amide bonds. The Kier molecular flexibility index (Phi) is 10.8. The van der Waals surface area contributed by atoms with Crippen molar-refractivity contribution in [3.05, 3.63) is 0 Å². The maximum atomic E-state index is 12.1. The number of nitrogens with zero attached hydrogens (tertiary/aromatic N) is 1. The zero-order valence-corrected chi connectivity index (χ0v) is 18.7. The van der Waals surface area contributed by atoms with E-state index in [1.807, 2.05) is 14.0 Å². The predicted molar refractivity (Wildman–Crippen MR) is 116 cm³/mol. The first kappa shape index (κ1) is 22.2. The normalized spacial score (nSPS) is 32.5. The van der Waals surface area contributed by atoms with E-state index in [0.29, 0.717) is 11.3 Å². The monoisotopic (exact) mass is 469 g/mol. The van der Waals surface area contributed by atoms with Crippen molar-refractivity contribution in [3.8, 4) is 0 Å². The van der Waals surface area contributed by atoms with Gasteiger partial charge in [-0.15, -0.1) is 24.0 Å². The number of nitrogens with one attached hydrogen (secondary N) is 2. The third kappa shape index (κ3) is 6.81. The van der Waals surface area contributed by atoms with Crippen molar-refractivity contribution in [2.24, 2.45) is 16.8 Å². The fraction of sp³-hybridized carbons (Fsp3) is 0.944. The van der Waals surface area contributed by atoms with E-state index in [1.165, 1.54) is 32.1 Å². The van der Waals surface area contributed by atoms with E-state index in [-0.39, 0.29) is 24.0 Å². The lowest BCUT2D eigenvalue weighted by Gasteiger charge is -2.32. The van der Waals surface area contributed by atoms with Crippen LogP contribution in [0.4, 0.5) is 0 Å². The summed E-state index contributed by atoms with van der Waals surface area (Å²) < 4.78 is 12.1. The molecular formula is C18H36IN3OS. The van der Waals surface area contributed by atoms with Crippen LogP contribution in [0.5, 0.6) is 0 Å². The lowest BCUT2D eigenvalue weighted by atomic mass is 9.80. The Morgan fingerprint density at radius 2 is 1.92 bits per heavy atom. The van der Waals surface area contributed by atoms with Gasteiger partial charge in [-0.1, -0.05) is 39.5 Å². The average Bonchev–Trinajstić information content (AvgIpc) is 2.59. The van der Waals surface area contributed by atoms with Crippen molar-refractivity contribution in [1.29, 1.82) is 0 Å². The lowest BCUT2D eigenvalue weighted by Crippen LogP contribution is -2.48. The SMILES string of the molecule is CCS(=O)C1CCCC(NC(=NC)NCC2CCCCC2C)C1.I. The second-order valence-corrected chi connectivity index (χ2v) is 9.28. The van der Waals surface area contributed by atoms with Crippen LogP contribution in [-0.4, -0.2) is 40.8 Å². The summed E-state index contributed by atoms with van der Waals surface area (Å²) in [5.41, 5.74) is 0. The fourth-order valence-electron chi connectivity index (χ4n) is 4.06. The zero-order chi connectivity index (χ0) is 16.7. The predicted octanol–water partition coefficient (Wildman–Crippen LogP) is 3.68.